The molecule has 0 aliphatic carbocycles. The van der Waals surface area contributed by atoms with Crippen LogP contribution in [0.2, 0.25) is 5.82 Å². The van der Waals surface area contributed by atoms with Crippen LogP contribution in [0.15, 0.2) is 0 Å². The molecule has 7 heavy (non-hydrogen) atoms. The molecule has 1 fully saturated rings. The second-order valence-corrected chi connectivity index (χ2v) is 2.20. The average molecular weight is 98.9 g/mol. The average Bonchev–Trinajstić information content (AvgIpc) is 1.91. The molecule has 0 amide bonds. The maximum Gasteiger partial charge on any atom is 0.110 e. The first-order valence-electron chi connectivity index (χ1n) is 2.69. The molecule has 0 saturated carbocycles. The minimum absolute atomic E-state index is 0.0972. The lowest BCUT2D eigenvalue weighted by atomic mass is 9.85. The molecular formula is C4H10BNO. The molecule has 1 aliphatic rings. The van der Waals surface area contributed by atoms with Gasteiger partial charge in [0.1, 0.15) is 7.85 Å². The summed E-state index contributed by atoms with van der Waals surface area (Å²) >= 11 is 0. The van der Waals surface area contributed by atoms with Gasteiger partial charge in [-0.3, -0.25) is 0 Å². The molecule has 2 N–H and O–H groups in total. The normalized spacial score (nSPS) is 41.9. The van der Waals surface area contributed by atoms with E-state index in [-0.39, 0.29) is 6.10 Å². The Labute approximate surface area is 44.3 Å². The minimum Gasteiger partial charge on any atom is -0.392 e. The maximum absolute atomic E-state index is 8.94. The predicted octanol–water partition coefficient (Wildman–Crippen LogP) is -1.63. The van der Waals surface area contributed by atoms with E-state index in [2.05, 4.69) is 5.32 Å². The van der Waals surface area contributed by atoms with Crippen molar-refractivity contribution in [3.63, 3.8) is 0 Å². The van der Waals surface area contributed by atoms with Gasteiger partial charge in [-0.2, -0.15) is 0 Å². The molecule has 2 atom stereocenters. The third-order valence-electron chi connectivity index (χ3n) is 1.48. The Morgan fingerprint density at radius 3 is 2.43 bits per heavy atom. The minimum atomic E-state index is -0.0972. The molecule has 1 rings (SSSR count). The largest absolute Gasteiger partial charge is 0.392 e. The van der Waals surface area contributed by atoms with E-state index in [1.165, 1.54) is 0 Å². The molecular weight excluding hydrogens is 88.9 g/mol. The summed E-state index contributed by atoms with van der Waals surface area (Å²) in [6.07, 6.45) is -0.0972. The van der Waals surface area contributed by atoms with E-state index in [9.17, 15) is 0 Å². The number of aliphatic hydroxyl groups is 1. The Bertz CT molecular complexity index is 60.7. The lowest BCUT2D eigenvalue weighted by Gasteiger charge is -2.02. The van der Waals surface area contributed by atoms with Crippen LogP contribution >= 0.6 is 0 Å². The van der Waals surface area contributed by atoms with Crippen LogP contribution in [0.3, 0.4) is 0 Å². The zero-order valence-corrected chi connectivity index (χ0v) is 4.52. The van der Waals surface area contributed by atoms with Crippen molar-refractivity contribution in [2.24, 2.45) is 0 Å². The topological polar surface area (TPSA) is 32.3 Å². The van der Waals surface area contributed by atoms with Crippen LogP contribution in [0.25, 0.3) is 0 Å². The number of hydrogen-bond donors (Lipinski definition) is 2. The third kappa shape index (κ3) is 0.953. The van der Waals surface area contributed by atoms with Crippen molar-refractivity contribution in [1.29, 1.82) is 0 Å². The SMILES string of the molecule is B[C@H]1CNC[C@@H]1O. The van der Waals surface area contributed by atoms with Crippen LogP contribution in [0.1, 0.15) is 0 Å². The summed E-state index contributed by atoms with van der Waals surface area (Å²) in [4.78, 5) is 0. The third-order valence-corrected chi connectivity index (χ3v) is 1.48. The first kappa shape index (κ1) is 5.13. The van der Waals surface area contributed by atoms with E-state index < -0.39 is 0 Å². The van der Waals surface area contributed by atoms with E-state index >= 15 is 0 Å². The molecule has 0 aromatic carbocycles. The van der Waals surface area contributed by atoms with Crippen LogP contribution in [0.5, 0.6) is 0 Å². The van der Waals surface area contributed by atoms with Gasteiger partial charge in [0.15, 0.2) is 0 Å². The second-order valence-electron chi connectivity index (χ2n) is 2.20. The van der Waals surface area contributed by atoms with Crippen LogP contribution in [0.4, 0.5) is 0 Å². The molecule has 1 aliphatic heterocycles. The van der Waals surface area contributed by atoms with Gasteiger partial charge < -0.3 is 10.4 Å². The Balaban J connectivity index is 2.33. The van der Waals surface area contributed by atoms with E-state index in [1.54, 1.807) is 0 Å². The van der Waals surface area contributed by atoms with Crippen molar-refractivity contribution in [2.75, 3.05) is 13.1 Å². The number of nitrogens with one attached hydrogen (secondary N) is 1. The van der Waals surface area contributed by atoms with E-state index in [0.717, 1.165) is 13.1 Å². The zero-order chi connectivity index (χ0) is 5.28. The first-order valence-corrected chi connectivity index (χ1v) is 2.69. The molecule has 0 unspecified atom stereocenters. The Kier molecular flexibility index (Phi) is 1.35. The summed E-state index contributed by atoms with van der Waals surface area (Å²) in [5, 5.41) is 12.0. The van der Waals surface area contributed by atoms with E-state index in [1.807, 2.05) is 7.85 Å². The molecule has 2 nitrogen and oxygen atoms in total. The zero-order valence-electron chi connectivity index (χ0n) is 4.52. The molecule has 1 saturated heterocycles. The fourth-order valence-corrected chi connectivity index (χ4v) is 0.796. The summed E-state index contributed by atoms with van der Waals surface area (Å²) in [5.41, 5.74) is 0. The molecule has 3 heteroatoms. The van der Waals surface area contributed by atoms with Crippen LogP contribution < -0.4 is 5.32 Å². The van der Waals surface area contributed by atoms with Gasteiger partial charge in [0.25, 0.3) is 0 Å². The summed E-state index contributed by atoms with van der Waals surface area (Å²) in [6, 6.07) is 0. The number of aliphatic hydroxyl groups excluding tert-OH is 1. The summed E-state index contributed by atoms with van der Waals surface area (Å²) in [6.45, 7) is 1.75. The molecule has 0 bridgehead atoms. The van der Waals surface area contributed by atoms with Gasteiger partial charge in [0.2, 0.25) is 0 Å². The van der Waals surface area contributed by atoms with Crippen molar-refractivity contribution in [3.05, 3.63) is 0 Å². The second kappa shape index (κ2) is 1.84. The van der Waals surface area contributed by atoms with Crippen molar-refractivity contribution < 1.29 is 5.11 Å². The Hall–Kier alpha value is -0.0151. The van der Waals surface area contributed by atoms with Gasteiger partial charge in [-0.05, 0) is 12.4 Å². The summed E-state index contributed by atoms with van der Waals surface area (Å²) in [5.74, 6) is 0.458. The fourth-order valence-electron chi connectivity index (χ4n) is 0.796. The fraction of sp³-hybridized carbons (Fsp3) is 1.00. The maximum atomic E-state index is 8.94. The molecule has 0 aromatic rings. The standard InChI is InChI=1S/C4H10BNO/c5-3-1-6-2-4(3)7/h3-4,6-7H,1-2,5H2/t3-,4-/m0/s1. The quantitative estimate of drug-likeness (QED) is 0.357. The lowest BCUT2D eigenvalue weighted by Crippen LogP contribution is -2.13. The number of hydrogen-bond acceptors (Lipinski definition) is 2. The highest BCUT2D eigenvalue weighted by Gasteiger charge is 2.18. The van der Waals surface area contributed by atoms with Crippen LogP contribution in [0, 0.1) is 0 Å². The van der Waals surface area contributed by atoms with Gasteiger partial charge in [-0.1, -0.05) is 0 Å². The molecule has 40 valence electrons. The first-order chi connectivity index (χ1) is 3.30. The monoisotopic (exact) mass is 99.1 g/mol. The Morgan fingerprint density at radius 2 is 2.29 bits per heavy atom. The van der Waals surface area contributed by atoms with Crippen molar-refractivity contribution in [3.8, 4) is 0 Å². The molecule has 0 spiro atoms. The summed E-state index contributed by atoms with van der Waals surface area (Å²) < 4.78 is 0. The van der Waals surface area contributed by atoms with Gasteiger partial charge in [-0.25, -0.2) is 0 Å². The number of rotatable bonds is 0. The van der Waals surface area contributed by atoms with E-state index in [4.69, 9.17) is 5.11 Å². The highest BCUT2D eigenvalue weighted by Crippen LogP contribution is 2.08. The van der Waals surface area contributed by atoms with Crippen LogP contribution in [-0.4, -0.2) is 32.1 Å². The highest BCUT2D eigenvalue weighted by atomic mass is 16.3. The van der Waals surface area contributed by atoms with Gasteiger partial charge >= 0.3 is 0 Å². The molecule has 0 aromatic heterocycles. The lowest BCUT2D eigenvalue weighted by molar-refractivity contribution is 0.197. The van der Waals surface area contributed by atoms with Crippen molar-refractivity contribution in [1.82, 2.24) is 5.32 Å². The molecule has 1 heterocycles. The predicted molar refractivity (Wildman–Crippen MR) is 31.2 cm³/mol. The Morgan fingerprint density at radius 1 is 1.57 bits per heavy atom. The van der Waals surface area contributed by atoms with E-state index in [0.29, 0.717) is 5.82 Å². The highest BCUT2D eigenvalue weighted by molar-refractivity contribution is 6.12. The van der Waals surface area contributed by atoms with Gasteiger partial charge in [-0.15, -0.1) is 0 Å². The van der Waals surface area contributed by atoms with Crippen LogP contribution in [-0.2, 0) is 0 Å². The van der Waals surface area contributed by atoms with Crippen molar-refractivity contribution in [2.45, 2.75) is 11.9 Å². The van der Waals surface area contributed by atoms with Gasteiger partial charge in [0, 0.05) is 6.54 Å². The van der Waals surface area contributed by atoms with Crippen molar-refractivity contribution >= 4 is 7.85 Å². The summed E-state index contributed by atoms with van der Waals surface area (Å²) in [7, 11) is 2.05. The van der Waals surface area contributed by atoms with Gasteiger partial charge in [0.05, 0.1) is 6.10 Å². The molecule has 0 radical (unpaired) electrons. The number of β-amino-alcohol motifs (C(OH)–C–C–N with tert-alkyl or cyclic N) is 1. The smallest absolute Gasteiger partial charge is 0.110 e.